The summed E-state index contributed by atoms with van der Waals surface area (Å²) in [6, 6.07) is 0. The van der Waals surface area contributed by atoms with Crippen molar-refractivity contribution in [2.75, 3.05) is 6.61 Å². The lowest BCUT2D eigenvalue weighted by atomic mass is 9.33. The van der Waals surface area contributed by atoms with Crippen molar-refractivity contribution in [1.82, 2.24) is 0 Å². The molecule has 0 aromatic rings. The Morgan fingerprint density at radius 2 is 1.57 bits per heavy atom. The lowest BCUT2D eigenvalue weighted by Crippen LogP contribution is -2.76. The van der Waals surface area contributed by atoms with Crippen LogP contribution in [0.4, 0.5) is 0 Å². The van der Waals surface area contributed by atoms with Gasteiger partial charge < -0.3 is 35.0 Å². The van der Waals surface area contributed by atoms with Gasteiger partial charge in [-0.05, 0) is 111 Å². The first-order chi connectivity index (χ1) is 20.5. The fraction of sp³-hybridized carbons (Fsp3) is 0.917. The number of aliphatic hydroxyl groups excluding tert-OH is 4. The van der Waals surface area contributed by atoms with E-state index >= 15 is 0 Å². The van der Waals surface area contributed by atoms with E-state index in [0.717, 1.165) is 64.2 Å². The lowest BCUT2D eigenvalue weighted by Gasteiger charge is -2.74. The normalized spacial score (nSPS) is 57.7. The summed E-state index contributed by atoms with van der Waals surface area (Å²) in [5.41, 5.74) is 0.683. The summed E-state index contributed by atoms with van der Waals surface area (Å²) in [5, 5.41) is 52.0. The second kappa shape index (κ2) is 9.76. The third kappa shape index (κ3) is 3.82. The lowest BCUT2D eigenvalue weighted by molar-refractivity contribution is -0.374. The van der Waals surface area contributed by atoms with E-state index in [-0.39, 0.29) is 39.1 Å². The molecule has 2 heterocycles. The van der Waals surface area contributed by atoms with Crippen molar-refractivity contribution in [3.05, 3.63) is 11.6 Å². The highest BCUT2D eigenvalue weighted by molar-refractivity contribution is 5.76. The number of hydrogen-bond donors (Lipinski definition) is 5. The van der Waals surface area contributed by atoms with Crippen molar-refractivity contribution in [2.24, 2.45) is 50.7 Å². The molecular formula is C36H56O8. The Balaban J connectivity index is 1.18. The number of hydrogen-bond acceptors (Lipinski definition) is 7. The van der Waals surface area contributed by atoms with Gasteiger partial charge in [0.2, 0.25) is 0 Å². The van der Waals surface area contributed by atoms with E-state index in [0.29, 0.717) is 11.8 Å². The SMILES string of the molecule is CC1(C)CC[C@]2(C(=O)O)CC[C@]3(C)C(=CCC4[C@@]5(C)CC[C@@H]6[C@@H]([C@H]7OC(CO)[C@H](O)C(O)C7O)O[C@@]6(C)C5CC[C@]43C)C2C1. The third-order valence-corrected chi connectivity index (χ3v) is 15.8. The number of carboxylic acid groups (broad SMARTS) is 1. The van der Waals surface area contributed by atoms with Gasteiger partial charge in [0, 0.05) is 5.92 Å². The minimum Gasteiger partial charge on any atom is -0.481 e. The molecule has 7 aliphatic rings. The van der Waals surface area contributed by atoms with E-state index < -0.39 is 54.6 Å². The molecule has 0 bridgehead atoms. The van der Waals surface area contributed by atoms with Crippen LogP contribution in [0.5, 0.6) is 0 Å². The summed E-state index contributed by atoms with van der Waals surface area (Å²) in [7, 11) is 0. The van der Waals surface area contributed by atoms with E-state index in [1.165, 1.54) is 5.57 Å². The molecular weight excluding hydrogens is 560 g/mol. The zero-order chi connectivity index (χ0) is 31.8. The first-order valence-corrected chi connectivity index (χ1v) is 17.4. The Kier molecular flexibility index (Phi) is 7.00. The van der Waals surface area contributed by atoms with Crippen LogP contribution in [0.15, 0.2) is 11.6 Å². The van der Waals surface area contributed by atoms with Gasteiger partial charge in [0.05, 0.1) is 23.7 Å². The van der Waals surface area contributed by atoms with Crippen molar-refractivity contribution in [3.8, 4) is 0 Å². The molecule has 8 heteroatoms. The quantitative estimate of drug-likeness (QED) is 0.293. The predicted molar refractivity (Wildman–Crippen MR) is 163 cm³/mol. The van der Waals surface area contributed by atoms with Crippen molar-refractivity contribution in [1.29, 1.82) is 0 Å². The zero-order valence-corrected chi connectivity index (χ0v) is 27.6. The number of carbonyl (C=O) groups is 1. The first-order valence-electron chi connectivity index (χ1n) is 17.4. The van der Waals surface area contributed by atoms with Crippen LogP contribution in [0.25, 0.3) is 0 Å². The van der Waals surface area contributed by atoms with E-state index in [1.54, 1.807) is 0 Å². The first kappa shape index (κ1) is 31.6. The fourth-order valence-electron chi connectivity index (χ4n) is 13.0. The molecule has 15 atom stereocenters. The number of rotatable bonds is 3. The molecule has 4 saturated carbocycles. The second-order valence-corrected chi connectivity index (χ2v) is 17.9. The highest BCUT2D eigenvalue weighted by Gasteiger charge is 2.73. The van der Waals surface area contributed by atoms with E-state index in [2.05, 4.69) is 47.6 Å². The molecule has 6 fully saturated rings. The van der Waals surface area contributed by atoms with Crippen LogP contribution in [0, 0.1) is 50.7 Å². The molecule has 8 nitrogen and oxygen atoms in total. The molecule has 0 aromatic heterocycles. The van der Waals surface area contributed by atoms with Gasteiger partial charge in [-0.3, -0.25) is 4.79 Å². The molecule has 2 aliphatic heterocycles. The van der Waals surface area contributed by atoms with Crippen LogP contribution >= 0.6 is 0 Å². The Bertz CT molecular complexity index is 1230. The highest BCUT2D eigenvalue weighted by atomic mass is 16.6. The van der Waals surface area contributed by atoms with Gasteiger partial charge in [0.1, 0.15) is 30.5 Å². The van der Waals surface area contributed by atoms with Gasteiger partial charge >= 0.3 is 5.97 Å². The topological polar surface area (TPSA) is 137 Å². The molecule has 0 amide bonds. The summed E-state index contributed by atoms with van der Waals surface area (Å²) >= 11 is 0. The molecule has 0 aromatic carbocycles. The minimum atomic E-state index is -1.39. The number of fused-ring (bicyclic) bond motifs is 9. The number of allylic oxidation sites excluding steroid dienone is 2. The molecule has 5 N–H and O–H groups in total. The Hall–Kier alpha value is -1.03. The van der Waals surface area contributed by atoms with Crippen LogP contribution in [0.2, 0.25) is 0 Å². The summed E-state index contributed by atoms with van der Waals surface area (Å²) < 4.78 is 12.8. The van der Waals surface area contributed by atoms with Crippen LogP contribution in [0.1, 0.15) is 106 Å². The summed E-state index contributed by atoms with van der Waals surface area (Å²) in [6.45, 7) is 13.9. The van der Waals surface area contributed by atoms with Gasteiger partial charge in [-0.15, -0.1) is 0 Å². The van der Waals surface area contributed by atoms with Gasteiger partial charge in [0.15, 0.2) is 0 Å². The molecule has 7 rings (SSSR count). The summed E-state index contributed by atoms with van der Waals surface area (Å²) in [4.78, 5) is 12.9. The summed E-state index contributed by atoms with van der Waals surface area (Å²) in [5.74, 6) is 0.470. The Labute approximate surface area is 262 Å². The fourth-order valence-corrected chi connectivity index (χ4v) is 13.0. The molecule has 0 radical (unpaired) electrons. The zero-order valence-electron chi connectivity index (χ0n) is 27.6. The smallest absolute Gasteiger partial charge is 0.310 e. The van der Waals surface area contributed by atoms with E-state index in [9.17, 15) is 30.3 Å². The Morgan fingerprint density at radius 1 is 0.864 bits per heavy atom. The standard InChI is InChI=1S/C36H56O8/c1-31(2)13-15-36(30(41)42)16-14-33(4)19(21(36)17-31)7-8-23-32(3)11-9-20-28(29-27(40)26(39)25(38)22(18-37)43-29)44-35(20,6)24(32)10-12-34(23,33)5/h7,20-29,37-40H,8-18H2,1-6H3,(H,41,42)/t20-,21?,22?,23?,24?,25+,26?,27?,28+,29+,32-,33-,34-,35-,36+/m1/s1. The number of aliphatic carboxylic acids is 1. The van der Waals surface area contributed by atoms with Gasteiger partial charge in [-0.2, -0.15) is 0 Å². The van der Waals surface area contributed by atoms with E-state index in [4.69, 9.17) is 9.47 Å². The van der Waals surface area contributed by atoms with Crippen molar-refractivity contribution >= 4 is 5.97 Å². The number of aliphatic hydroxyl groups is 4. The number of carboxylic acids is 1. The van der Waals surface area contributed by atoms with Crippen LogP contribution in [0.3, 0.4) is 0 Å². The molecule has 6 unspecified atom stereocenters. The average molecular weight is 617 g/mol. The molecule has 0 spiro atoms. The summed E-state index contributed by atoms with van der Waals surface area (Å²) in [6.07, 6.45) is 5.86. The Morgan fingerprint density at radius 3 is 2.25 bits per heavy atom. The van der Waals surface area contributed by atoms with Gasteiger partial charge in [-0.25, -0.2) is 0 Å². The highest BCUT2D eigenvalue weighted by Crippen LogP contribution is 2.76. The van der Waals surface area contributed by atoms with Crippen LogP contribution < -0.4 is 0 Å². The molecule has 248 valence electrons. The van der Waals surface area contributed by atoms with Crippen molar-refractivity contribution in [3.63, 3.8) is 0 Å². The molecule has 5 aliphatic carbocycles. The monoisotopic (exact) mass is 616 g/mol. The second-order valence-electron chi connectivity index (χ2n) is 17.9. The maximum atomic E-state index is 12.9. The predicted octanol–water partition coefficient (Wildman–Crippen LogP) is 4.46. The van der Waals surface area contributed by atoms with Crippen LogP contribution in [-0.2, 0) is 14.3 Å². The largest absolute Gasteiger partial charge is 0.481 e. The minimum absolute atomic E-state index is 0.0297. The third-order valence-electron chi connectivity index (χ3n) is 15.8. The molecule has 44 heavy (non-hydrogen) atoms. The van der Waals surface area contributed by atoms with Gasteiger partial charge in [-0.1, -0.05) is 46.3 Å². The van der Waals surface area contributed by atoms with Crippen LogP contribution in [-0.4, -0.2) is 80.3 Å². The maximum Gasteiger partial charge on any atom is 0.310 e. The van der Waals surface area contributed by atoms with Crippen molar-refractivity contribution < 1.29 is 39.8 Å². The number of ether oxygens (including phenoxy) is 2. The van der Waals surface area contributed by atoms with Gasteiger partial charge in [0.25, 0.3) is 0 Å². The molecule has 2 saturated heterocycles. The average Bonchev–Trinajstić information content (AvgIpc) is 2.94. The van der Waals surface area contributed by atoms with E-state index in [1.807, 2.05) is 0 Å². The van der Waals surface area contributed by atoms with Crippen molar-refractivity contribution in [2.45, 2.75) is 148 Å². The maximum absolute atomic E-state index is 12.9.